The molecule has 0 bridgehead atoms. The van der Waals surface area contributed by atoms with Gasteiger partial charge in [0.25, 0.3) is 0 Å². The summed E-state index contributed by atoms with van der Waals surface area (Å²) in [6, 6.07) is 18.8. The van der Waals surface area contributed by atoms with Gasteiger partial charge in [0.15, 0.2) is 0 Å². The van der Waals surface area contributed by atoms with Crippen LogP contribution >= 0.6 is 11.8 Å². The summed E-state index contributed by atoms with van der Waals surface area (Å²) < 4.78 is 7.66. The molecule has 5 heteroatoms. The Morgan fingerprint density at radius 3 is 2.44 bits per heavy atom. The fraction of sp³-hybridized carbons (Fsp3) is 0.182. The Morgan fingerprint density at radius 2 is 1.74 bits per heavy atom. The van der Waals surface area contributed by atoms with E-state index in [1.165, 1.54) is 10.5 Å². The van der Waals surface area contributed by atoms with Gasteiger partial charge in [-0.1, -0.05) is 29.5 Å². The number of hydrogen-bond donors (Lipinski definition) is 0. The topological polar surface area (TPSA) is 39.9 Å². The SMILES string of the molecule is CCOc1ccc(-c2cc3c(Sc4ccc(C)cc4)ncnc3n2C)cc1. The van der Waals surface area contributed by atoms with Crippen LogP contribution in [0.4, 0.5) is 0 Å². The number of aromatic nitrogens is 3. The van der Waals surface area contributed by atoms with E-state index in [4.69, 9.17) is 4.74 Å². The summed E-state index contributed by atoms with van der Waals surface area (Å²) in [6.07, 6.45) is 1.64. The number of ether oxygens (including phenoxy) is 1. The van der Waals surface area contributed by atoms with Gasteiger partial charge in [-0.15, -0.1) is 0 Å². The smallest absolute Gasteiger partial charge is 0.144 e. The van der Waals surface area contributed by atoms with Crippen LogP contribution in [0.25, 0.3) is 22.3 Å². The number of hydrogen-bond acceptors (Lipinski definition) is 4. The van der Waals surface area contributed by atoms with Gasteiger partial charge in [-0.2, -0.15) is 0 Å². The van der Waals surface area contributed by atoms with Gasteiger partial charge in [-0.3, -0.25) is 0 Å². The minimum Gasteiger partial charge on any atom is -0.494 e. The van der Waals surface area contributed by atoms with Gasteiger partial charge in [-0.05, 0) is 61.9 Å². The number of benzene rings is 2. The zero-order valence-electron chi connectivity index (χ0n) is 15.6. The van der Waals surface area contributed by atoms with Crippen molar-refractivity contribution in [2.24, 2.45) is 7.05 Å². The van der Waals surface area contributed by atoms with E-state index in [0.29, 0.717) is 6.61 Å². The molecular formula is C22H21N3OS. The summed E-state index contributed by atoms with van der Waals surface area (Å²) in [5.41, 5.74) is 4.43. The molecule has 4 nitrogen and oxygen atoms in total. The number of aryl methyl sites for hydroxylation is 2. The summed E-state index contributed by atoms with van der Waals surface area (Å²) in [5.74, 6) is 0.885. The van der Waals surface area contributed by atoms with Crippen molar-refractivity contribution < 1.29 is 4.74 Å². The van der Waals surface area contributed by atoms with Gasteiger partial charge in [0.05, 0.1) is 17.7 Å². The van der Waals surface area contributed by atoms with Gasteiger partial charge >= 0.3 is 0 Å². The van der Waals surface area contributed by atoms with Crippen LogP contribution in [0.2, 0.25) is 0 Å². The maximum Gasteiger partial charge on any atom is 0.144 e. The molecule has 0 atom stereocenters. The fourth-order valence-electron chi connectivity index (χ4n) is 3.08. The first kappa shape index (κ1) is 17.6. The monoisotopic (exact) mass is 375 g/mol. The minimum absolute atomic E-state index is 0.669. The Morgan fingerprint density at radius 1 is 1.00 bits per heavy atom. The molecule has 0 unspecified atom stereocenters. The van der Waals surface area contributed by atoms with Crippen LogP contribution in [-0.2, 0) is 7.05 Å². The standard InChI is InChI=1S/C22H21N3OS/c1-4-26-17-9-7-16(8-10-17)20-13-19-21(25(20)3)23-14-24-22(19)27-18-11-5-15(2)6-12-18/h5-14H,4H2,1-3H3. The van der Waals surface area contributed by atoms with Gasteiger partial charge < -0.3 is 9.30 Å². The van der Waals surface area contributed by atoms with Gasteiger partial charge in [0.2, 0.25) is 0 Å². The molecule has 0 radical (unpaired) electrons. The number of rotatable bonds is 5. The molecule has 0 N–H and O–H groups in total. The second-order valence-electron chi connectivity index (χ2n) is 6.38. The zero-order valence-corrected chi connectivity index (χ0v) is 16.5. The lowest BCUT2D eigenvalue weighted by Gasteiger charge is -2.06. The van der Waals surface area contributed by atoms with Crippen molar-refractivity contribution >= 4 is 22.8 Å². The fourth-order valence-corrected chi connectivity index (χ4v) is 3.93. The van der Waals surface area contributed by atoms with E-state index in [1.54, 1.807) is 18.1 Å². The quantitative estimate of drug-likeness (QED) is 0.432. The third-order valence-corrected chi connectivity index (χ3v) is 5.51. The normalized spacial score (nSPS) is 11.1. The first-order chi connectivity index (χ1) is 13.2. The summed E-state index contributed by atoms with van der Waals surface area (Å²) in [4.78, 5) is 10.2. The molecule has 2 aromatic heterocycles. The molecule has 27 heavy (non-hydrogen) atoms. The Kier molecular flexibility index (Phi) is 4.86. The minimum atomic E-state index is 0.669. The van der Waals surface area contributed by atoms with Crippen molar-refractivity contribution in [2.75, 3.05) is 6.61 Å². The highest BCUT2D eigenvalue weighted by Gasteiger charge is 2.14. The van der Waals surface area contributed by atoms with E-state index in [1.807, 2.05) is 26.1 Å². The third kappa shape index (κ3) is 3.55. The van der Waals surface area contributed by atoms with Crippen LogP contribution < -0.4 is 4.74 Å². The average molecular weight is 375 g/mol. The van der Waals surface area contributed by atoms with Crippen molar-refractivity contribution in [1.82, 2.24) is 14.5 Å². The summed E-state index contributed by atoms with van der Waals surface area (Å²) >= 11 is 1.67. The van der Waals surface area contributed by atoms with Crippen molar-refractivity contribution in [1.29, 1.82) is 0 Å². The third-order valence-electron chi connectivity index (χ3n) is 4.48. The maximum absolute atomic E-state index is 5.55. The summed E-state index contributed by atoms with van der Waals surface area (Å²) in [7, 11) is 2.04. The van der Waals surface area contributed by atoms with Crippen LogP contribution in [0.15, 0.2) is 70.8 Å². The average Bonchev–Trinajstić information content (AvgIpc) is 3.02. The van der Waals surface area contributed by atoms with Crippen molar-refractivity contribution in [3.05, 3.63) is 66.5 Å². The molecule has 0 aliphatic rings. The molecule has 0 aliphatic heterocycles. The number of nitrogens with zero attached hydrogens (tertiary/aromatic N) is 3. The van der Waals surface area contributed by atoms with Gasteiger partial charge in [0.1, 0.15) is 22.7 Å². The molecule has 0 amide bonds. The zero-order chi connectivity index (χ0) is 18.8. The predicted molar refractivity (Wildman–Crippen MR) is 110 cm³/mol. The molecule has 0 saturated carbocycles. The molecule has 0 spiro atoms. The molecule has 2 aromatic carbocycles. The lowest BCUT2D eigenvalue weighted by Crippen LogP contribution is -1.94. The van der Waals surface area contributed by atoms with Crippen molar-refractivity contribution in [3.8, 4) is 17.0 Å². The molecule has 136 valence electrons. The molecule has 4 aromatic rings. The first-order valence-corrected chi connectivity index (χ1v) is 9.75. The van der Waals surface area contributed by atoms with E-state index in [9.17, 15) is 0 Å². The first-order valence-electron chi connectivity index (χ1n) is 8.94. The Labute approximate surface area is 163 Å². The number of fused-ring (bicyclic) bond motifs is 1. The second-order valence-corrected chi connectivity index (χ2v) is 7.44. The van der Waals surface area contributed by atoms with E-state index >= 15 is 0 Å². The molecule has 0 saturated heterocycles. The van der Waals surface area contributed by atoms with Gasteiger partial charge in [-0.25, -0.2) is 9.97 Å². The molecule has 0 aliphatic carbocycles. The maximum atomic E-state index is 5.55. The Bertz CT molecular complexity index is 1070. The van der Waals surface area contributed by atoms with Crippen molar-refractivity contribution in [2.45, 2.75) is 23.8 Å². The molecule has 2 heterocycles. The van der Waals surface area contributed by atoms with Crippen LogP contribution in [0.1, 0.15) is 12.5 Å². The van der Waals surface area contributed by atoms with Crippen LogP contribution in [0, 0.1) is 6.92 Å². The lowest BCUT2D eigenvalue weighted by molar-refractivity contribution is 0.340. The van der Waals surface area contributed by atoms with Crippen LogP contribution in [-0.4, -0.2) is 21.1 Å². The largest absolute Gasteiger partial charge is 0.494 e. The Balaban J connectivity index is 1.73. The van der Waals surface area contributed by atoms with E-state index < -0.39 is 0 Å². The van der Waals surface area contributed by atoms with Crippen LogP contribution in [0.3, 0.4) is 0 Å². The highest BCUT2D eigenvalue weighted by molar-refractivity contribution is 7.99. The summed E-state index contributed by atoms with van der Waals surface area (Å²) in [5, 5.41) is 2.03. The highest BCUT2D eigenvalue weighted by Crippen LogP contribution is 2.35. The van der Waals surface area contributed by atoms with Gasteiger partial charge in [0, 0.05) is 11.9 Å². The molecular weight excluding hydrogens is 354 g/mol. The molecule has 0 fully saturated rings. The Hall–Kier alpha value is -2.79. The van der Waals surface area contributed by atoms with E-state index in [2.05, 4.69) is 63.9 Å². The molecule has 4 rings (SSSR count). The summed E-state index contributed by atoms with van der Waals surface area (Å²) in [6.45, 7) is 4.75. The van der Waals surface area contributed by atoms with E-state index in [0.717, 1.165) is 33.1 Å². The van der Waals surface area contributed by atoms with Crippen molar-refractivity contribution in [3.63, 3.8) is 0 Å². The second kappa shape index (κ2) is 7.45. The van der Waals surface area contributed by atoms with Crippen LogP contribution in [0.5, 0.6) is 5.75 Å². The van der Waals surface area contributed by atoms with E-state index in [-0.39, 0.29) is 0 Å². The highest BCUT2D eigenvalue weighted by atomic mass is 32.2. The lowest BCUT2D eigenvalue weighted by atomic mass is 10.1. The predicted octanol–water partition coefficient (Wildman–Crippen LogP) is 5.49.